The van der Waals surface area contributed by atoms with Crippen LogP contribution in [0.5, 0.6) is 0 Å². The Morgan fingerprint density at radius 1 is 1.13 bits per heavy atom. The number of rotatable bonds is 5. The first-order valence-corrected chi connectivity index (χ1v) is 7.65. The van der Waals surface area contributed by atoms with Gasteiger partial charge in [-0.15, -0.1) is 0 Å². The van der Waals surface area contributed by atoms with Crippen molar-refractivity contribution in [2.75, 3.05) is 5.32 Å². The van der Waals surface area contributed by atoms with E-state index in [0.29, 0.717) is 6.42 Å². The number of carbonyl (C=O) groups excluding carboxylic acids is 1. The van der Waals surface area contributed by atoms with Crippen molar-refractivity contribution in [2.24, 2.45) is 0 Å². The van der Waals surface area contributed by atoms with Gasteiger partial charge in [-0.25, -0.2) is 4.98 Å². The van der Waals surface area contributed by atoms with Gasteiger partial charge in [0, 0.05) is 12.1 Å². The van der Waals surface area contributed by atoms with Gasteiger partial charge in [-0.05, 0) is 42.2 Å². The van der Waals surface area contributed by atoms with Gasteiger partial charge >= 0.3 is 0 Å². The van der Waals surface area contributed by atoms with Gasteiger partial charge in [0.15, 0.2) is 0 Å². The number of carbonyl (C=O) groups is 1. The van der Waals surface area contributed by atoms with Crippen molar-refractivity contribution in [3.8, 4) is 11.3 Å². The first kappa shape index (κ1) is 15.0. The van der Waals surface area contributed by atoms with Gasteiger partial charge < -0.3 is 10.3 Å². The Balaban J connectivity index is 1.57. The van der Waals surface area contributed by atoms with E-state index in [-0.39, 0.29) is 5.91 Å². The number of H-pyrrole nitrogens is 1. The maximum atomic E-state index is 12.1. The minimum atomic E-state index is 0.0301. The predicted octanol–water partition coefficient (Wildman–Crippen LogP) is 3.96. The van der Waals surface area contributed by atoms with E-state index in [9.17, 15) is 4.79 Å². The Kier molecular flexibility index (Phi) is 4.52. The van der Waals surface area contributed by atoms with Gasteiger partial charge in [-0.3, -0.25) is 4.79 Å². The summed E-state index contributed by atoms with van der Waals surface area (Å²) < 4.78 is 0. The van der Waals surface area contributed by atoms with Gasteiger partial charge in [0.05, 0.1) is 18.2 Å². The van der Waals surface area contributed by atoms with E-state index >= 15 is 0 Å². The van der Waals surface area contributed by atoms with Crippen LogP contribution in [0.25, 0.3) is 11.3 Å². The molecular formula is C19H19N3O. The van der Waals surface area contributed by atoms with Crippen molar-refractivity contribution in [3.63, 3.8) is 0 Å². The second-order valence-corrected chi connectivity index (χ2v) is 5.52. The lowest BCUT2D eigenvalue weighted by molar-refractivity contribution is -0.116. The molecule has 0 spiro atoms. The van der Waals surface area contributed by atoms with Gasteiger partial charge in [0.1, 0.15) is 0 Å². The van der Waals surface area contributed by atoms with Crippen LogP contribution in [0.1, 0.15) is 17.5 Å². The summed E-state index contributed by atoms with van der Waals surface area (Å²) in [4.78, 5) is 19.1. The Morgan fingerprint density at radius 3 is 2.61 bits per heavy atom. The standard InChI is InChI=1S/C19H19N3O/c1-14-4-2-3-5-15(14)8-11-19(23)22-17-9-6-16(7-10-17)18-12-20-13-21-18/h2-7,9-10,12-13H,8,11H2,1H3,(H,20,21)(H,22,23). The molecule has 0 radical (unpaired) electrons. The molecule has 1 heterocycles. The van der Waals surface area contributed by atoms with Crippen LogP contribution < -0.4 is 5.32 Å². The molecule has 4 heteroatoms. The second-order valence-electron chi connectivity index (χ2n) is 5.52. The molecule has 0 fully saturated rings. The number of hydrogen-bond donors (Lipinski definition) is 2. The fourth-order valence-corrected chi connectivity index (χ4v) is 2.51. The summed E-state index contributed by atoms with van der Waals surface area (Å²) in [7, 11) is 0. The number of aromatic amines is 1. The van der Waals surface area contributed by atoms with Crippen molar-refractivity contribution in [2.45, 2.75) is 19.8 Å². The lowest BCUT2D eigenvalue weighted by atomic mass is 10.0. The molecule has 116 valence electrons. The van der Waals surface area contributed by atoms with Crippen molar-refractivity contribution >= 4 is 11.6 Å². The van der Waals surface area contributed by atoms with Crippen LogP contribution in [0.15, 0.2) is 61.1 Å². The monoisotopic (exact) mass is 305 g/mol. The number of amides is 1. The Labute approximate surface area is 135 Å². The molecule has 4 nitrogen and oxygen atoms in total. The van der Waals surface area contributed by atoms with Crippen molar-refractivity contribution in [1.82, 2.24) is 9.97 Å². The Hall–Kier alpha value is -2.88. The van der Waals surface area contributed by atoms with Crippen LogP contribution in [0, 0.1) is 6.92 Å². The Morgan fingerprint density at radius 2 is 1.91 bits per heavy atom. The van der Waals surface area contributed by atoms with Crippen LogP contribution >= 0.6 is 0 Å². The normalized spacial score (nSPS) is 10.5. The molecule has 3 rings (SSSR count). The number of hydrogen-bond acceptors (Lipinski definition) is 2. The van der Waals surface area contributed by atoms with Crippen LogP contribution in [0.3, 0.4) is 0 Å². The molecule has 1 amide bonds. The van der Waals surface area contributed by atoms with Crippen molar-refractivity contribution < 1.29 is 4.79 Å². The molecule has 0 bridgehead atoms. The van der Waals surface area contributed by atoms with Crippen LogP contribution in [0.2, 0.25) is 0 Å². The second kappa shape index (κ2) is 6.92. The molecule has 1 aromatic heterocycles. The highest BCUT2D eigenvalue weighted by Gasteiger charge is 2.05. The maximum absolute atomic E-state index is 12.1. The summed E-state index contributed by atoms with van der Waals surface area (Å²) >= 11 is 0. The molecule has 0 saturated heterocycles. The number of imidazole rings is 1. The molecular weight excluding hydrogens is 286 g/mol. The minimum absolute atomic E-state index is 0.0301. The van der Waals surface area contributed by atoms with Crippen molar-refractivity contribution in [3.05, 3.63) is 72.2 Å². The molecule has 0 saturated carbocycles. The third kappa shape index (κ3) is 3.86. The largest absolute Gasteiger partial charge is 0.345 e. The highest BCUT2D eigenvalue weighted by molar-refractivity contribution is 5.91. The van der Waals surface area contributed by atoms with Crippen LogP contribution in [-0.2, 0) is 11.2 Å². The van der Waals surface area contributed by atoms with E-state index in [2.05, 4.69) is 34.3 Å². The topological polar surface area (TPSA) is 57.8 Å². The molecule has 0 aliphatic rings. The Bertz CT molecular complexity index is 777. The number of aromatic nitrogens is 2. The van der Waals surface area contributed by atoms with Crippen molar-refractivity contribution in [1.29, 1.82) is 0 Å². The van der Waals surface area contributed by atoms with Crippen LogP contribution in [0.4, 0.5) is 5.69 Å². The van der Waals surface area contributed by atoms with E-state index in [0.717, 1.165) is 23.4 Å². The number of nitrogens with one attached hydrogen (secondary N) is 2. The SMILES string of the molecule is Cc1ccccc1CCC(=O)Nc1ccc(-c2cnc[nH]2)cc1. The molecule has 2 aromatic carbocycles. The number of aryl methyl sites for hydroxylation is 2. The minimum Gasteiger partial charge on any atom is -0.345 e. The summed E-state index contributed by atoms with van der Waals surface area (Å²) in [6.07, 6.45) is 4.66. The number of nitrogens with zero attached hydrogens (tertiary/aromatic N) is 1. The summed E-state index contributed by atoms with van der Waals surface area (Å²) in [5.74, 6) is 0.0301. The third-order valence-electron chi connectivity index (χ3n) is 3.86. The quantitative estimate of drug-likeness (QED) is 0.749. The summed E-state index contributed by atoms with van der Waals surface area (Å²) in [6, 6.07) is 15.9. The highest BCUT2D eigenvalue weighted by atomic mass is 16.1. The smallest absolute Gasteiger partial charge is 0.224 e. The molecule has 23 heavy (non-hydrogen) atoms. The molecule has 0 atom stereocenters. The lowest BCUT2D eigenvalue weighted by Gasteiger charge is -2.07. The summed E-state index contributed by atoms with van der Waals surface area (Å²) in [6.45, 7) is 2.07. The summed E-state index contributed by atoms with van der Waals surface area (Å²) in [5.41, 5.74) is 5.26. The van der Waals surface area contributed by atoms with E-state index in [4.69, 9.17) is 0 Å². The molecule has 0 unspecified atom stereocenters. The molecule has 3 aromatic rings. The average Bonchev–Trinajstić information content (AvgIpc) is 3.09. The highest BCUT2D eigenvalue weighted by Crippen LogP contribution is 2.19. The zero-order chi connectivity index (χ0) is 16.1. The van der Waals surface area contributed by atoms with Gasteiger partial charge in [-0.2, -0.15) is 0 Å². The maximum Gasteiger partial charge on any atom is 0.224 e. The van der Waals surface area contributed by atoms with Crippen LogP contribution in [-0.4, -0.2) is 15.9 Å². The van der Waals surface area contributed by atoms with E-state index in [1.807, 2.05) is 36.4 Å². The molecule has 0 aliphatic carbocycles. The van der Waals surface area contributed by atoms with Gasteiger partial charge in [0.2, 0.25) is 5.91 Å². The first-order chi connectivity index (χ1) is 11.2. The number of anilines is 1. The van der Waals surface area contributed by atoms with E-state index < -0.39 is 0 Å². The zero-order valence-corrected chi connectivity index (χ0v) is 13.0. The first-order valence-electron chi connectivity index (χ1n) is 7.65. The van der Waals surface area contributed by atoms with Gasteiger partial charge in [0.25, 0.3) is 0 Å². The van der Waals surface area contributed by atoms with Gasteiger partial charge in [-0.1, -0.05) is 36.4 Å². The third-order valence-corrected chi connectivity index (χ3v) is 3.86. The predicted molar refractivity (Wildman–Crippen MR) is 92.2 cm³/mol. The fraction of sp³-hybridized carbons (Fsp3) is 0.158. The average molecular weight is 305 g/mol. The number of benzene rings is 2. The van der Waals surface area contributed by atoms with E-state index in [1.54, 1.807) is 12.5 Å². The lowest BCUT2D eigenvalue weighted by Crippen LogP contribution is -2.12. The fourth-order valence-electron chi connectivity index (χ4n) is 2.51. The van der Waals surface area contributed by atoms with E-state index in [1.165, 1.54) is 11.1 Å². The molecule has 2 N–H and O–H groups in total. The summed E-state index contributed by atoms with van der Waals surface area (Å²) in [5, 5.41) is 2.94. The zero-order valence-electron chi connectivity index (χ0n) is 13.0. The molecule has 0 aliphatic heterocycles.